The molecule has 0 aliphatic heterocycles. The number of benzene rings is 1. The van der Waals surface area contributed by atoms with Crippen LogP contribution in [0.3, 0.4) is 0 Å². The van der Waals surface area contributed by atoms with Crippen molar-refractivity contribution in [3.8, 4) is 5.69 Å². The molecule has 0 N–H and O–H groups in total. The summed E-state index contributed by atoms with van der Waals surface area (Å²) < 4.78 is 8.45. The summed E-state index contributed by atoms with van der Waals surface area (Å²) in [5, 5.41) is 0. The Morgan fingerprint density at radius 1 is 1.10 bits per heavy atom. The van der Waals surface area contributed by atoms with Crippen molar-refractivity contribution in [2.45, 2.75) is 53.9 Å². The van der Waals surface area contributed by atoms with Gasteiger partial charge in [0.25, 0.3) is 0 Å². The topological polar surface area (TPSA) is 57.0 Å². The van der Waals surface area contributed by atoms with Crippen molar-refractivity contribution in [3.63, 3.8) is 0 Å². The zero-order valence-electron chi connectivity index (χ0n) is 17.9. The molecule has 0 amide bonds. The third kappa shape index (κ3) is 4.37. The lowest BCUT2D eigenvalue weighted by atomic mass is 10.1. The number of rotatable bonds is 6. The Kier molecular flexibility index (Phi) is 6.42. The fourth-order valence-corrected chi connectivity index (χ4v) is 3.53. The second-order valence-corrected chi connectivity index (χ2v) is 8.80. The summed E-state index contributed by atoms with van der Waals surface area (Å²) in [6, 6.07) is 8.32. The van der Waals surface area contributed by atoms with Crippen LogP contribution in [0.2, 0.25) is 0 Å². The Labute approximate surface area is 180 Å². The van der Waals surface area contributed by atoms with Crippen LogP contribution >= 0.6 is 15.9 Å². The fourth-order valence-electron chi connectivity index (χ4n) is 3.26. The molecule has 0 saturated carbocycles. The summed E-state index contributed by atoms with van der Waals surface area (Å²) in [5.74, 6) is 1.00. The summed E-state index contributed by atoms with van der Waals surface area (Å²) in [6.07, 6.45) is 0.698. The number of nitrogens with zero attached hydrogens (tertiary/aromatic N) is 3. The van der Waals surface area contributed by atoms with E-state index in [1.54, 1.807) is 0 Å². The Balaban J connectivity index is 1.94. The molecule has 154 valence electrons. The summed E-state index contributed by atoms with van der Waals surface area (Å²) in [4.78, 5) is 21.3. The van der Waals surface area contributed by atoms with Gasteiger partial charge in [-0.2, -0.15) is 0 Å². The van der Waals surface area contributed by atoms with E-state index in [9.17, 15) is 4.79 Å². The van der Waals surface area contributed by atoms with Gasteiger partial charge in [-0.3, -0.25) is 9.36 Å². The van der Waals surface area contributed by atoms with Crippen LogP contribution in [0.1, 0.15) is 56.3 Å². The van der Waals surface area contributed by atoms with Crippen molar-refractivity contribution in [2.75, 3.05) is 6.61 Å². The molecule has 29 heavy (non-hydrogen) atoms. The molecule has 0 unspecified atom stereocenters. The summed E-state index contributed by atoms with van der Waals surface area (Å²) >= 11 is 3.63. The van der Waals surface area contributed by atoms with Gasteiger partial charge in [-0.25, -0.2) is 9.97 Å². The molecule has 3 rings (SSSR count). The molecule has 0 radical (unpaired) electrons. The van der Waals surface area contributed by atoms with E-state index in [4.69, 9.17) is 14.7 Å². The van der Waals surface area contributed by atoms with Gasteiger partial charge in [0.15, 0.2) is 5.65 Å². The number of pyridine rings is 1. The molecular formula is C23H28BrN3O2. The maximum absolute atomic E-state index is 11.6. The van der Waals surface area contributed by atoms with Crippen LogP contribution in [0.15, 0.2) is 28.7 Å². The van der Waals surface area contributed by atoms with Crippen molar-refractivity contribution >= 4 is 33.1 Å². The Bertz CT molecular complexity index is 1040. The van der Waals surface area contributed by atoms with Gasteiger partial charge in [0.2, 0.25) is 0 Å². The number of esters is 1. The van der Waals surface area contributed by atoms with Gasteiger partial charge in [0.05, 0.1) is 18.2 Å². The highest BCUT2D eigenvalue weighted by Gasteiger charge is 2.20. The van der Waals surface area contributed by atoms with Crippen molar-refractivity contribution in [1.82, 2.24) is 14.5 Å². The lowest BCUT2D eigenvalue weighted by molar-refractivity contribution is -0.147. The first-order chi connectivity index (χ1) is 13.7. The summed E-state index contributed by atoms with van der Waals surface area (Å²) in [7, 11) is 0. The van der Waals surface area contributed by atoms with Crippen molar-refractivity contribution < 1.29 is 9.53 Å². The molecule has 2 heterocycles. The summed E-state index contributed by atoms with van der Waals surface area (Å²) in [6.45, 7) is 12.5. The van der Waals surface area contributed by atoms with Crippen molar-refractivity contribution in [3.05, 3.63) is 51.4 Å². The van der Waals surface area contributed by atoms with E-state index in [1.807, 2.05) is 20.8 Å². The minimum Gasteiger partial charge on any atom is -0.465 e. The minimum atomic E-state index is -0.156. The first kappa shape index (κ1) is 21.5. The average Bonchev–Trinajstić information content (AvgIpc) is 3.06. The molecule has 0 aliphatic carbocycles. The van der Waals surface area contributed by atoms with Gasteiger partial charge in [-0.15, -0.1) is 0 Å². The van der Waals surface area contributed by atoms with Gasteiger partial charge in [-0.05, 0) is 53.0 Å². The molecule has 1 aromatic carbocycles. The SMILES string of the molecule is Cc1nc2c(nc(C(C)C)n2-c2ccc(CCOC(=O)C(C)C)cc2)c(C)c1Br. The Morgan fingerprint density at radius 2 is 1.76 bits per heavy atom. The number of carbonyl (C=O) groups excluding carboxylic acids is 1. The molecule has 6 heteroatoms. The fraction of sp³-hybridized carbons (Fsp3) is 0.435. The number of halogens is 1. The number of aryl methyl sites for hydroxylation is 2. The van der Waals surface area contributed by atoms with Crippen LogP contribution in [0, 0.1) is 19.8 Å². The molecule has 5 nitrogen and oxygen atoms in total. The molecule has 0 aliphatic rings. The van der Waals surface area contributed by atoms with Crippen LogP contribution in [0.5, 0.6) is 0 Å². The molecule has 0 atom stereocenters. The average molecular weight is 458 g/mol. The predicted molar refractivity (Wildman–Crippen MR) is 120 cm³/mol. The van der Waals surface area contributed by atoms with E-state index in [2.05, 4.69) is 65.5 Å². The van der Waals surface area contributed by atoms with Crippen LogP contribution < -0.4 is 0 Å². The molecular weight excluding hydrogens is 430 g/mol. The number of ether oxygens (including phenoxy) is 1. The minimum absolute atomic E-state index is 0.0965. The van der Waals surface area contributed by atoms with Crippen molar-refractivity contribution in [1.29, 1.82) is 0 Å². The van der Waals surface area contributed by atoms with Gasteiger partial charge < -0.3 is 4.74 Å². The van der Waals surface area contributed by atoms with Crippen molar-refractivity contribution in [2.24, 2.45) is 5.92 Å². The van der Waals surface area contributed by atoms with Crippen LogP contribution in [-0.2, 0) is 16.0 Å². The normalized spacial score (nSPS) is 11.6. The maximum Gasteiger partial charge on any atom is 0.308 e. The molecule has 0 spiro atoms. The zero-order valence-corrected chi connectivity index (χ0v) is 19.5. The van der Waals surface area contributed by atoms with E-state index in [0.29, 0.717) is 13.0 Å². The standard InChI is InChI=1S/C23H28BrN3O2/c1-13(2)21-26-20-15(5)19(24)16(6)25-22(20)27(21)18-9-7-17(8-10-18)11-12-29-23(28)14(3)4/h7-10,13-14H,11-12H2,1-6H3. The van der Waals surface area contributed by atoms with E-state index in [1.165, 1.54) is 0 Å². The first-order valence-electron chi connectivity index (χ1n) is 10.0. The molecule has 0 bridgehead atoms. The van der Waals surface area contributed by atoms with Gasteiger partial charge in [0, 0.05) is 22.5 Å². The van der Waals surface area contributed by atoms with Gasteiger partial charge >= 0.3 is 5.97 Å². The Hall–Kier alpha value is -2.21. The van der Waals surface area contributed by atoms with E-state index in [-0.39, 0.29) is 17.8 Å². The van der Waals surface area contributed by atoms with Crippen LogP contribution in [0.4, 0.5) is 0 Å². The number of hydrogen-bond acceptors (Lipinski definition) is 4. The highest BCUT2D eigenvalue weighted by atomic mass is 79.9. The number of imidazole rings is 1. The molecule has 0 fully saturated rings. The second kappa shape index (κ2) is 8.66. The molecule has 0 saturated heterocycles. The highest BCUT2D eigenvalue weighted by Crippen LogP contribution is 2.31. The number of carbonyl (C=O) groups is 1. The lowest BCUT2D eigenvalue weighted by Crippen LogP contribution is -2.13. The van der Waals surface area contributed by atoms with Gasteiger partial charge in [0.1, 0.15) is 11.3 Å². The van der Waals surface area contributed by atoms with Crippen LogP contribution in [-0.4, -0.2) is 27.1 Å². The Morgan fingerprint density at radius 3 is 2.34 bits per heavy atom. The number of aromatic nitrogens is 3. The van der Waals surface area contributed by atoms with E-state index >= 15 is 0 Å². The van der Waals surface area contributed by atoms with Crippen LogP contribution in [0.25, 0.3) is 16.9 Å². The van der Waals surface area contributed by atoms with E-state index < -0.39 is 0 Å². The highest BCUT2D eigenvalue weighted by molar-refractivity contribution is 9.10. The largest absolute Gasteiger partial charge is 0.465 e. The smallest absolute Gasteiger partial charge is 0.308 e. The second-order valence-electron chi connectivity index (χ2n) is 8.01. The number of hydrogen-bond donors (Lipinski definition) is 0. The van der Waals surface area contributed by atoms with E-state index in [0.717, 1.165) is 44.0 Å². The molecule has 2 aromatic heterocycles. The monoisotopic (exact) mass is 457 g/mol. The third-order valence-corrected chi connectivity index (χ3v) is 6.14. The quantitative estimate of drug-likeness (QED) is 0.447. The third-order valence-electron chi connectivity index (χ3n) is 4.97. The zero-order chi connectivity index (χ0) is 21.3. The predicted octanol–water partition coefficient (Wildman–Crippen LogP) is 5.66. The first-order valence-corrected chi connectivity index (χ1v) is 10.8. The number of fused-ring (bicyclic) bond motifs is 1. The maximum atomic E-state index is 11.6. The lowest BCUT2D eigenvalue weighted by Gasteiger charge is -2.12. The molecule has 3 aromatic rings. The van der Waals surface area contributed by atoms with Gasteiger partial charge in [-0.1, -0.05) is 39.8 Å². The summed E-state index contributed by atoms with van der Waals surface area (Å²) in [5.41, 5.74) is 6.03.